The highest BCUT2D eigenvalue weighted by atomic mass is 32.2. The number of aryl methyl sites for hydroxylation is 1. The van der Waals surface area contributed by atoms with Crippen LogP contribution in [0.15, 0.2) is 70.0 Å². The first-order chi connectivity index (χ1) is 16.2. The maximum absolute atomic E-state index is 13.1. The molecule has 8 nitrogen and oxygen atoms in total. The number of thiocarbonyl (C=S) groups is 1. The van der Waals surface area contributed by atoms with E-state index in [9.17, 15) is 24.8 Å². The molecule has 34 heavy (non-hydrogen) atoms. The smallest absolute Gasteiger partial charge is 0.327 e. The maximum Gasteiger partial charge on any atom is 0.327 e. The van der Waals surface area contributed by atoms with Crippen LogP contribution in [0, 0.1) is 17.0 Å². The van der Waals surface area contributed by atoms with E-state index in [0.29, 0.717) is 11.3 Å². The van der Waals surface area contributed by atoms with Crippen LogP contribution in [-0.2, 0) is 16.0 Å². The number of hydrogen-bond acceptors (Lipinski definition) is 7. The molecule has 172 valence electrons. The summed E-state index contributed by atoms with van der Waals surface area (Å²) in [6.07, 6.45) is 1.57. The predicted molar refractivity (Wildman–Crippen MR) is 132 cm³/mol. The fourth-order valence-electron chi connectivity index (χ4n) is 3.58. The summed E-state index contributed by atoms with van der Waals surface area (Å²) in [7, 11) is 0. The van der Waals surface area contributed by atoms with E-state index in [1.807, 2.05) is 6.07 Å². The van der Waals surface area contributed by atoms with Gasteiger partial charge in [0.05, 0.1) is 15.4 Å². The Hall–Kier alpha value is -3.76. The van der Waals surface area contributed by atoms with Gasteiger partial charge in [-0.3, -0.25) is 19.8 Å². The van der Waals surface area contributed by atoms with E-state index in [2.05, 4.69) is 0 Å². The molecule has 2 heterocycles. The summed E-state index contributed by atoms with van der Waals surface area (Å²) in [6, 6.07) is 15.8. The van der Waals surface area contributed by atoms with E-state index >= 15 is 0 Å². The van der Waals surface area contributed by atoms with Crippen molar-refractivity contribution < 1.29 is 24.0 Å². The van der Waals surface area contributed by atoms with E-state index in [4.69, 9.17) is 16.6 Å². The van der Waals surface area contributed by atoms with Crippen LogP contribution in [0.25, 0.3) is 17.4 Å². The Morgan fingerprint density at radius 3 is 2.65 bits per heavy atom. The van der Waals surface area contributed by atoms with Crippen LogP contribution in [0.5, 0.6) is 0 Å². The highest BCUT2D eigenvalue weighted by Crippen LogP contribution is 2.37. The molecular weight excluding hydrogens is 476 g/mol. The van der Waals surface area contributed by atoms with Gasteiger partial charge in [0.1, 0.15) is 21.9 Å². The van der Waals surface area contributed by atoms with Gasteiger partial charge in [-0.25, -0.2) is 4.79 Å². The number of hydrogen-bond donors (Lipinski definition) is 1. The van der Waals surface area contributed by atoms with Gasteiger partial charge in [0, 0.05) is 18.6 Å². The number of thioether (sulfide) groups is 1. The van der Waals surface area contributed by atoms with E-state index in [0.717, 1.165) is 27.8 Å². The highest BCUT2D eigenvalue weighted by Gasteiger charge is 2.40. The summed E-state index contributed by atoms with van der Waals surface area (Å²) >= 11 is 6.31. The number of aliphatic carboxylic acids is 1. The monoisotopic (exact) mass is 494 g/mol. The zero-order valence-electron chi connectivity index (χ0n) is 17.8. The Morgan fingerprint density at radius 1 is 1.24 bits per heavy atom. The minimum absolute atomic E-state index is 0.0857. The number of benzene rings is 2. The average Bonchev–Trinajstić information content (AvgIpc) is 3.37. The van der Waals surface area contributed by atoms with Crippen molar-refractivity contribution in [2.24, 2.45) is 0 Å². The third-order valence-corrected chi connectivity index (χ3v) is 6.54. The van der Waals surface area contributed by atoms with Crippen LogP contribution in [0.2, 0.25) is 0 Å². The lowest BCUT2D eigenvalue weighted by Crippen LogP contribution is -2.45. The lowest BCUT2D eigenvalue weighted by atomic mass is 10.0. The molecule has 1 saturated heterocycles. The zero-order chi connectivity index (χ0) is 24.4. The third kappa shape index (κ3) is 4.78. The first-order valence-electron chi connectivity index (χ1n) is 10.1. The van der Waals surface area contributed by atoms with Crippen molar-refractivity contribution in [3.8, 4) is 11.3 Å². The highest BCUT2D eigenvalue weighted by molar-refractivity contribution is 8.26. The molecule has 10 heteroatoms. The molecule has 1 aliphatic rings. The number of carboxylic acid groups (broad SMARTS) is 1. The minimum Gasteiger partial charge on any atom is -0.480 e. The summed E-state index contributed by atoms with van der Waals surface area (Å²) in [4.78, 5) is 37.3. The second kappa shape index (κ2) is 9.62. The number of nitrogens with zero attached hydrogens (tertiary/aromatic N) is 2. The number of carbonyl (C=O) groups excluding carboxylic acids is 1. The molecule has 0 saturated carbocycles. The number of carbonyl (C=O) groups is 2. The first-order valence-corrected chi connectivity index (χ1v) is 11.4. The zero-order valence-corrected chi connectivity index (χ0v) is 19.5. The van der Waals surface area contributed by atoms with Gasteiger partial charge in [0.15, 0.2) is 0 Å². The summed E-state index contributed by atoms with van der Waals surface area (Å²) in [5, 5.41) is 21.2. The van der Waals surface area contributed by atoms with E-state index < -0.39 is 22.8 Å². The minimum atomic E-state index is -1.16. The Labute approximate surface area is 204 Å². The van der Waals surface area contributed by atoms with Crippen molar-refractivity contribution in [3.05, 3.63) is 92.6 Å². The lowest BCUT2D eigenvalue weighted by Gasteiger charge is -2.23. The fourth-order valence-corrected chi connectivity index (χ4v) is 4.92. The van der Waals surface area contributed by atoms with E-state index in [1.54, 1.807) is 55.5 Å². The standard InChI is InChI=1S/C24H18N2O6S2/c1-14-7-9-17(18(11-14)26(30)31)20-10-8-16(32-20)13-21-22(27)25(24(33)34-21)19(23(28)29)12-15-5-3-2-4-6-15/h2-11,13,19H,12H2,1H3,(H,28,29)/b21-13-. The third-order valence-electron chi connectivity index (χ3n) is 5.21. The first kappa shape index (κ1) is 23.4. The second-order valence-electron chi connectivity index (χ2n) is 7.58. The summed E-state index contributed by atoms with van der Waals surface area (Å²) in [5.74, 6) is -1.12. The van der Waals surface area contributed by atoms with E-state index in [-0.39, 0.29) is 27.1 Å². The van der Waals surface area contributed by atoms with Crippen molar-refractivity contribution in [2.45, 2.75) is 19.4 Å². The van der Waals surface area contributed by atoms with Gasteiger partial charge < -0.3 is 9.52 Å². The number of rotatable bonds is 7. The van der Waals surface area contributed by atoms with Gasteiger partial charge in [0.2, 0.25) is 0 Å². The summed E-state index contributed by atoms with van der Waals surface area (Å²) in [6.45, 7) is 1.76. The molecular formula is C24H18N2O6S2. The topological polar surface area (TPSA) is 114 Å². The molecule has 0 bridgehead atoms. The molecule has 1 amide bonds. The molecule has 0 spiro atoms. The van der Waals surface area contributed by atoms with Gasteiger partial charge in [0.25, 0.3) is 11.6 Å². The van der Waals surface area contributed by atoms with Gasteiger partial charge in [-0.15, -0.1) is 0 Å². The van der Waals surface area contributed by atoms with Crippen LogP contribution in [0.4, 0.5) is 5.69 Å². The van der Waals surface area contributed by atoms with Crippen LogP contribution in [-0.4, -0.2) is 37.2 Å². The SMILES string of the molecule is Cc1ccc(-c2ccc(/C=C3\SC(=S)N(C(Cc4ccccc4)C(=O)O)C3=O)o2)c([N+](=O)[O-])c1. The number of nitro benzene ring substituents is 1. The Balaban J connectivity index is 1.60. The van der Waals surface area contributed by atoms with Crippen molar-refractivity contribution in [1.29, 1.82) is 0 Å². The normalized spacial score (nSPS) is 15.7. The molecule has 1 atom stereocenters. The Bertz CT molecular complexity index is 1330. The van der Waals surface area contributed by atoms with E-state index in [1.165, 1.54) is 12.1 Å². The van der Waals surface area contributed by atoms with Crippen molar-refractivity contribution in [2.75, 3.05) is 0 Å². The van der Waals surface area contributed by atoms with Crippen molar-refractivity contribution in [1.82, 2.24) is 4.90 Å². The molecule has 1 fully saturated rings. The molecule has 1 N–H and O–H groups in total. The average molecular weight is 495 g/mol. The van der Waals surface area contributed by atoms with Gasteiger partial charge >= 0.3 is 5.97 Å². The second-order valence-corrected chi connectivity index (χ2v) is 9.25. The van der Waals surface area contributed by atoms with Crippen LogP contribution < -0.4 is 0 Å². The molecule has 0 radical (unpaired) electrons. The van der Waals surface area contributed by atoms with Crippen LogP contribution >= 0.6 is 24.0 Å². The Morgan fingerprint density at radius 2 is 1.97 bits per heavy atom. The van der Waals surface area contributed by atoms with Gasteiger partial charge in [-0.05, 0) is 36.2 Å². The predicted octanol–water partition coefficient (Wildman–Crippen LogP) is 5.06. The van der Waals surface area contributed by atoms with Gasteiger partial charge in [-0.1, -0.05) is 60.4 Å². The molecule has 2 aromatic carbocycles. The number of amides is 1. The molecule has 1 aliphatic heterocycles. The molecule has 1 unspecified atom stereocenters. The lowest BCUT2D eigenvalue weighted by molar-refractivity contribution is -0.384. The number of furan rings is 1. The molecule has 3 aromatic rings. The molecule has 4 rings (SSSR count). The number of carboxylic acids is 1. The van der Waals surface area contributed by atoms with Crippen molar-refractivity contribution in [3.63, 3.8) is 0 Å². The quantitative estimate of drug-likeness (QED) is 0.210. The fraction of sp³-hybridized carbons (Fsp3) is 0.125. The molecule has 0 aliphatic carbocycles. The van der Waals surface area contributed by atoms with Crippen molar-refractivity contribution >= 4 is 51.9 Å². The summed E-state index contributed by atoms with van der Waals surface area (Å²) < 4.78 is 5.90. The summed E-state index contributed by atoms with van der Waals surface area (Å²) in [5.41, 5.74) is 1.74. The van der Waals surface area contributed by atoms with Gasteiger partial charge in [-0.2, -0.15) is 0 Å². The largest absolute Gasteiger partial charge is 0.480 e. The van der Waals surface area contributed by atoms with Crippen LogP contribution in [0.3, 0.4) is 0 Å². The maximum atomic E-state index is 13.1. The van der Waals surface area contributed by atoms with Crippen LogP contribution in [0.1, 0.15) is 16.9 Å². The molecule has 1 aromatic heterocycles. The number of nitro groups is 1. The Kier molecular flexibility index (Phi) is 6.62.